The number of rotatable bonds is 7. The lowest BCUT2D eigenvalue weighted by molar-refractivity contribution is -0.139. The Morgan fingerprint density at radius 3 is 3.00 bits per heavy atom. The number of aliphatic carboxylic acids is 1. The molecule has 0 radical (unpaired) electrons. The van der Waals surface area contributed by atoms with Crippen LogP contribution in [0, 0.1) is 0 Å². The zero-order valence-electron chi connectivity index (χ0n) is 13.2. The van der Waals surface area contributed by atoms with Gasteiger partial charge in [-0.15, -0.1) is 0 Å². The standard InChI is InChI=1S/C18H19NO5/c20-18(21)12-24-17-7-15(8-19-9-17)14-3-1-2-13(6-14)10-23-16-4-5-22-11-16/h1-3,6-9,16H,4-5,10-12H2,(H,20,21). The van der Waals surface area contributed by atoms with Crippen molar-refractivity contribution in [2.24, 2.45) is 0 Å². The van der Waals surface area contributed by atoms with Crippen LogP contribution in [0.4, 0.5) is 0 Å². The molecular weight excluding hydrogens is 310 g/mol. The largest absolute Gasteiger partial charge is 0.480 e. The van der Waals surface area contributed by atoms with Crippen LogP contribution in [0.15, 0.2) is 42.7 Å². The maximum Gasteiger partial charge on any atom is 0.341 e. The molecule has 0 bridgehead atoms. The van der Waals surface area contributed by atoms with Crippen molar-refractivity contribution in [3.05, 3.63) is 48.3 Å². The summed E-state index contributed by atoms with van der Waals surface area (Å²) in [4.78, 5) is 14.7. The predicted molar refractivity (Wildman–Crippen MR) is 86.8 cm³/mol. The fourth-order valence-electron chi connectivity index (χ4n) is 2.50. The van der Waals surface area contributed by atoms with Crippen molar-refractivity contribution in [3.8, 4) is 16.9 Å². The third-order valence-corrected chi connectivity index (χ3v) is 3.71. The summed E-state index contributed by atoms with van der Waals surface area (Å²) in [6.45, 7) is 1.57. The van der Waals surface area contributed by atoms with E-state index < -0.39 is 5.97 Å². The molecule has 1 aliphatic heterocycles. The van der Waals surface area contributed by atoms with Gasteiger partial charge in [0.1, 0.15) is 5.75 Å². The first-order valence-electron chi connectivity index (χ1n) is 7.79. The zero-order chi connectivity index (χ0) is 16.8. The van der Waals surface area contributed by atoms with Crippen LogP contribution < -0.4 is 4.74 Å². The van der Waals surface area contributed by atoms with E-state index in [1.54, 1.807) is 12.3 Å². The molecule has 24 heavy (non-hydrogen) atoms. The summed E-state index contributed by atoms with van der Waals surface area (Å²) in [5.74, 6) is -0.588. The SMILES string of the molecule is O=C(O)COc1cncc(-c2cccc(COC3CCOC3)c2)c1. The number of carboxylic acid groups (broad SMARTS) is 1. The highest BCUT2D eigenvalue weighted by molar-refractivity contribution is 5.69. The van der Waals surface area contributed by atoms with Crippen LogP contribution in [0.25, 0.3) is 11.1 Å². The van der Waals surface area contributed by atoms with Gasteiger partial charge in [0, 0.05) is 18.4 Å². The van der Waals surface area contributed by atoms with Crippen LogP contribution >= 0.6 is 0 Å². The molecule has 1 aromatic carbocycles. The minimum atomic E-state index is -1.02. The van der Waals surface area contributed by atoms with Crippen molar-refractivity contribution in [2.45, 2.75) is 19.1 Å². The van der Waals surface area contributed by atoms with Gasteiger partial charge < -0.3 is 19.3 Å². The Labute approximate surface area is 140 Å². The zero-order valence-corrected chi connectivity index (χ0v) is 13.2. The number of hydrogen-bond acceptors (Lipinski definition) is 5. The number of ether oxygens (including phenoxy) is 3. The van der Waals surface area contributed by atoms with E-state index in [0.29, 0.717) is 19.0 Å². The van der Waals surface area contributed by atoms with Crippen molar-refractivity contribution in [3.63, 3.8) is 0 Å². The van der Waals surface area contributed by atoms with Crippen molar-refractivity contribution in [2.75, 3.05) is 19.8 Å². The van der Waals surface area contributed by atoms with Crippen molar-refractivity contribution >= 4 is 5.97 Å². The molecule has 1 saturated heterocycles. The summed E-state index contributed by atoms with van der Waals surface area (Å²) in [6, 6.07) is 9.76. The number of carbonyl (C=O) groups is 1. The van der Waals surface area contributed by atoms with Gasteiger partial charge in [-0.1, -0.05) is 18.2 Å². The first-order valence-corrected chi connectivity index (χ1v) is 7.79. The number of carboxylic acids is 1. The molecule has 0 saturated carbocycles. The lowest BCUT2D eigenvalue weighted by atomic mass is 10.0. The molecule has 6 heteroatoms. The van der Waals surface area contributed by atoms with Crippen LogP contribution in [0.1, 0.15) is 12.0 Å². The van der Waals surface area contributed by atoms with Crippen molar-refractivity contribution in [1.82, 2.24) is 4.98 Å². The summed E-state index contributed by atoms with van der Waals surface area (Å²) in [5, 5.41) is 8.68. The molecule has 2 heterocycles. The van der Waals surface area contributed by atoms with Crippen LogP contribution in [0.3, 0.4) is 0 Å². The van der Waals surface area contributed by atoms with E-state index in [1.807, 2.05) is 24.3 Å². The fourth-order valence-corrected chi connectivity index (χ4v) is 2.50. The van der Waals surface area contributed by atoms with Gasteiger partial charge in [-0.3, -0.25) is 4.98 Å². The van der Waals surface area contributed by atoms with Gasteiger partial charge in [0.25, 0.3) is 0 Å². The Morgan fingerprint density at radius 1 is 1.29 bits per heavy atom. The summed E-state index contributed by atoms with van der Waals surface area (Å²) in [7, 11) is 0. The monoisotopic (exact) mass is 329 g/mol. The topological polar surface area (TPSA) is 77.9 Å². The summed E-state index contributed by atoms with van der Waals surface area (Å²) >= 11 is 0. The average molecular weight is 329 g/mol. The molecule has 0 amide bonds. The number of benzene rings is 1. The quantitative estimate of drug-likeness (QED) is 0.841. The molecule has 1 fully saturated rings. The molecule has 6 nitrogen and oxygen atoms in total. The number of nitrogens with zero attached hydrogens (tertiary/aromatic N) is 1. The molecule has 3 rings (SSSR count). The molecule has 1 atom stereocenters. The molecule has 2 aromatic rings. The number of pyridine rings is 1. The van der Waals surface area contributed by atoms with Crippen LogP contribution in [0.5, 0.6) is 5.75 Å². The first-order chi connectivity index (χ1) is 11.7. The minimum Gasteiger partial charge on any atom is -0.480 e. The van der Waals surface area contributed by atoms with E-state index in [0.717, 1.165) is 29.7 Å². The lowest BCUT2D eigenvalue weighted by Crippen LogP contribution is -2.11. The van der Waals surface area contributed by atoms with Crippen LogP contribution in [-0.2, 0) is 20.9 Å². The van der Waals surface area contributed by atoms with E-state index in [2.05, 4.69) is 4.98 Å². The Bertz CT molecular complexity index is 697. The van der Waals surface area contributed by atoms with E-state index in [1.165, 1.54) is 6.20 Å². The molecule has 1 N–H and O–H groups in total. The van der Waals surface area contributed by atoms with Gasteiger partial charge in [-0.2, -0.15) is 0 Å². The third-order valence-electron chi connectivity index (χ3n) is 3.71. The maximum absolute atomic E-state index is 10.6. The summed E-state index contributed by atoms with van der Waals surface area (Å²) < 4.78 is 16.3. The van der Waals surface area contributed by atoms with Crippen LogP contribution in [0.2, 0.25) is 0 Å². The second-order valence-corrected chi connectivity index (χ2v) is 5.59. The van der Waals surface area contributed by atoms with E-state index in [-0.39, 0.29) is 12.7 Å². The molecular formula is C18H19NO5. The highest BCUT2D eigenvalue weighted by atomic mass is 16.5. The Hall–Kier alpha value is -2.44. The normalized spacial score (nSPS) is 16.9. The van der Waals surface area contributed by atoms with Gasteiger partial charge in [-0.25, -0.2) is 4.79 Å². The minimum absolute atomic E-state index is 0.170. The van der Waals surface area contributed by atoms with E-state index >= 15 is 0 Å². The average Bonchev–Trinajstić information content (AvgIpc) is 3.12. The van der Waals surface area contributed by atoms with Gasteiger partial charge in [0.05, 0.1) is 25.5 Å². The van der Waals surface area contributed by atoms with Crippen molar-refractivity contribution in [1.29, 1.82) is 0 Å². The Balaban J connectivity index is 1.68. The second kappa shape index (κ2) is 7.90. The molecule has 1 aliphatic rings. The fraction of sp³-hybridized carbons (Fsp3) is 0.333. The Kier molecular flexibility index (Phi) is 5.40. The predicted octanol–water partition coefficient (Wildman–Crippen LogP) is 2.52. The van der Waals surface area contributed by atoms with Gasteiger partial charge >= 0.3 is 5.97 Å². The molecule has 0 spiro atoms. The smallest absolute Gasteiger partial charge is 0.341 e. The third kappa shape index (κ3) is 4.53. The second-order valence-electron chi connectivity index (χ2n) is 5.59. The number of hydrogen-bond donors (Lipinski definition) is 1. The first kappa shape index (κ1) is 16.4. The highest BCUT2D eigenvalue weighted by Gasteiger charge is 2.15. The molecule has 1 unspecified atom stereocenters. The lowest BCUT2D eigenvalue weighted by Gasteiger charge is -2.11. The van der Waals surface area contributed by atoms with Crippen molar-refractivity contribution < 1.29 is 24.1 Å². The van der Waals surface area contributed by atoms with Crippen LogP contribution in [-0.4, -0.2) is 42.0 Å². The highest BCUT2D eigenvalue weighted by Crippen LogP contribution is 2.24. The molecule has 1 aromatic heterocycles. The van der Waals surface area contributed by atoms with Gasteiger partial charge in [0.2, 0.25) is 0 Å². The summed E-state index contributed by atoms with van der Waals surface area (Å²) in [5.41, 5.74) is 2.91. The van der Waals surface area contributed by atoms with Gasteiger partial charge in [-0.05, 0) is 29.7 Å². The van der Waals surface area contributed by atoms with E-state index in [9.17, 15) is 4.79 Å². The maximum atomic E-state index is 10.6. The number of aromatic nitrogens is 1. The summed E-state index contributed by atoms with van der Waals surface area (Å²) in [6.07, 6.45) is 4.33. The molecule has 0 aliphatic carbocycles. The van der Waals surface area contributed by atoms with Gasteiger partial charge in [0.15, 0.2) is 6.61 Å². The Morgan fingerprint density at radius 2 is 2.21 bits per heavy atom. The van der Waals surface area contributed by atoms with E-state index in [4.69, 9.17) is 19.3 Å². The molecule has 126 valence electrons.